The Morgan fingerprint density at radius 2 is 2.36 bits per heavy atom. The number of hydrogen-bond donors (Lipinski definition) is 0. The Kier molecular flexibility index (Phi) is 2.19. The molecule has 0 saturated heterocycles. The third-order valence-electron chi connectivity index (χ3n) is 2.11. The molecule has 1 aromatic rings. The Morgan fingerprint density at radius 3 is 3.14 bits per heavy atom. The molecule has 0 fully saturated rings. The molecule has 2 heterocycles. The molecule has 0 saturated carbocycles. The van der Waals surface area contributed by atoms with E-state index in [9.17, 15) is 4.21 Å². The zero-order valence-corrected chi connectivity index (χ0v) is 9.00. The summed E-state index contributed by atoms with van der Waals surface area (Å²) in [5, 5.41) is 0. The van der Waals surface area contributed by atoms with Crippen LogP contribution in [-0.2, 0) is 9.73 Å². The van der Waals surface area contributed by atoms with Crippen LogP contribution in [0.15, 0.2) is 21.5 Å². The lowest BCUT2D eigenvalue weighted by Gasteiger charge is -2.09. The first kappa shape index (κ1) is 9.45. The number of hydrogen-bond acceptors (Lipinski definition) is 4. The van der Waals surface area contributed by atoms with Crippen molar-refractivity contribution in [3.05, 3.63) is 18.0 Å². The monoisotopic (exact) mass is 212 g/mol. The molecule has 2 rings (SSSR count). The highest BCUT2D eigenvalue weighted by Gasteiger charge is 2.19. The molecule has 14 heavy (non-hydrogen) atoms. The van der Waals surface area contributed by atoms with Crippen molar-refractivity contribution >= 4 is 9.73 Å². The van der Waals surface area contributed by atoms with E-state index < -0.39 is 9.73 Å². The quantitative estimate of drug-likeness (QED) is 0.650. The van der Waals surface area contributed by atoms with Gasteiger partial charge >= 0.3 is 0 Å². The molecule has 0 bridgehead atoms. The molecule has 1 aromatic heterocycles. The molecule has 0 spiro atoms. The van der Waals surface area contributed by atoms with E-state index in [1.165, 1.54) is 0 Å². The Morgan fingerprint density at radius 1 is 1.57 bits per heavy atom. The van der Waals surface area contributed by atoms with Crippen molar-refractivity contribution in [2.24, 2.45) is 4.36 Å². The van der Waals surface area contributed by atoms with Crippen LogP contribution >= 0.6 is 0 Å². The average Bonchev–Trinajstić information content (AvgIpc) is 2.25. The first-order valence-electron chi connectivity index (χ1n) is 4.37. The molecular weight excluding hydrogens is 200 g/mol. The van der Waals surface area contributed by atoms with Gasteiger partial charge in [0, 0.05) is 12.5 Å². The lowest BCUT2D eigenvalue weighted by molar-refractivity contribution is 0.323. The normalized spacial score (nSPS) is 25.6. The Balaban J connectivity index is 2.77. The standard InChI is InChI=1S/C9H12N2O2S/c1-7-9-8(3-4-10-7)13-6-5-11-14(9,2)12/h3-4H,5-6H2,1-2H3/t14-/m0/s1. The minimum Gasteiger partial charge on any atom is -0.490 e. The number of nitrogens with zero attached hydrogens (tertiary/aromatic N) is 2. The van der Waals surface area contributed by atoms with E-state index >= 15 is 0 Å². The second kappa shape index (κ2) is 3.24. The number of aromatic nitrogens is 1. The van der Waals surface area contributed by atoms with E-state index in [1.54, 1.807) is 18.5 Å². The second-order valence-corrected chi connectivity index (χ2v) is 5.50. The molecule has 0 N–H and O–H groups in total. The Bertz CT molecular complexity index is 476. The van der Waals surface area contributed by atoms with Crippen LogP contribution in [0.5, 0.6) is 5.75 Å². The molecular formula is C9H12N2O2S. The summed E-state index contributed by atoms with van der Waals surface area (Å²) >= 11 is 0. The topological polar surface area (TPSA) is 51.5 Å². The van der Waals surface area contributed by atoms with E-state index in [4.69, 9.17) is 4.74 Å². The number of rotatable bonds is 0. The second-order valence-electron chi connectivity index (χ2n) is 3.23. The predicted molar refractivity (Wildman–Crippen MR) is 54.1 cm³/mol. The lowest BCUT2D eigenvalue weighted by Crippen LogP contribution is -2.02. The van der Waals surface area contributed by atoms with Crippen molar-refractivity contribution in [1.82, 2.24) is 4.98 Å². The van der Waals surface area contributed by atoms with Crippen LogP contribution in [0.25, 0.3) is 0 Å². The smallest absolute Gasteiger partial charge is 0.139 e. The first-order chi connectivity index (χ1) is 6.61. The number of fused-ring (bicyclic) bond motifs is 1. The van der Waals surface area contributed by atoms with Gasteiger partial charge in [0.1, 0.15) is 17.3 Å². The SMILES string of the molecule is Cc1nccc2c1[S@](C)(=O)=NCCO2. The molecule has 1 aliphatic rings. The molecule has 1 aliphatic heterocycles. The summed E-state index contributed by atoms with van der Waals surface area (Å²) in [6, 6.07) is 1.74. The van der Waals surface area contributed by atoms with Gasteiger partial charge in [-0.05, 0) is 13.0 Å². The molecule has 76 valence electrons. The van der Waals surface area contributed by atoms with Crippen LogP contribution in [0, 0.1) is 6.92 Å². The van der Waals surface area contributed by atoms with Gasteiger partial charge in [0.05, 0.1) is 22.0 Å². The summed E-state index contributed by atoms with van der Waals surface area (Å²) in [5.74, 6) is 0.659. The highest BCUT2D eigenvalue weighted by Crippen LogP contribution is 2.28. The van der Waals surface area contributed by atoms with Gasteiger partial charge in [-0.25, -0.2) is 8.57 Å². The maximum absolute atomic E-state index is 12.2. The van der Waals surface area contributed by atoms with Crippen LogP contribution in [0.2, 0.25) is 0 Å². The van der Waals surface area contributed by atoms with Crippen molar-refractivity contribution in [1.29, 1.82) is 0 Å². The van der Waals surface area contributed by atoms with Crippen LogP contribution in [0.3, 0.4) is 0 Å². The molecule has 1 atom stereocenters. The minimum absolute atomic E-state index is 0.476. The fourth-order valence-electron chi connectivity index (χ4n) is 1.54. The largest absolute Gasteiger partial charge is 0.490 e. The third kappa shape index (κ3) is 1.48. The van der Waals surface area contributed by atoms with Gasteiger partial charge in [0.2, 0.25) is 0 Å². The summed E-state index contributed by atoms with van der Waals surface area (Å²) in [4.78, 5) is 4.76. The molecule has 4 nitrogen and oxygen atoms in total. The molecule has 0 aliphatic carbocycles. The lowest BCUT2D eigenvalue weighted by atomic mass is 10.3. The number of aryl methyl sites for hydroxylation is 1. The minimum atomic E-state index is -2.32. The van der Waals surface area contributed by atoms with Crippen LogP contribution in [0.1, 0.15) is 5.69 Å². The van der Waals surface area contributed by atoms with Crippen LogP contribution in [0.4, 0.5) is 0 Å². The molecule has 0 aromatic carbocycles. The van der Waals surface area contributed by atoms with E-state index in [1.807, 2.05) is 6.92 Å². The molecule has 0 radical (unpaired) electrons. The van der Waals surface area contributed by atoms with Crippen molar-refractivity contribution in [3.63, 3.8) is 0 Å². The molecule has 0 amide bonds. The van der Waals surface area contributed by atoms with Gasteiger partial charge in [0.25, 0.3) is 0 Å². The molecule has 0 unspecified atom stereocenters. The highest BCUT2D eigenvalue weighted by atomic mass is 32.2. The van der Waals surface area contributed by atoms with Crippen LogP contribution < -0.4 is 4.74 Å². The average molecular weight is 212 g/mol. The third-order valence-corrected chi connectivity index (χ3v) is 4.04. The van der Waals surface area contributed by atoms with Gasteiger partial charge in [-0.2, -0.15) is 0 Å². The van der Waals surface area contributed by atoms with Gasteiger partial charge in [-0.15, -0.1) is 0 Å². The predicted octanol–water partition coefficient (Wildman–Crippen LogP) is 1.24. The summed E-state index contributed by atoms with van der Waals surface area (Å²) in [6.07, 6.45) is 3.30. The Labute approximate surface area is 83.5 Å². The zero-order chi connectivity index (χ0) is 10.2. The van der Waals surface area contributed by atoms with Crippen molar-refractivity contribution in [3.8, 4) is 5.75 Å². The number of ether oxygens (including phenoxy) is 1. The Hall–Kier alpha value is -1.10. The van der Waals surface area contributed by atoms with Crippen LogP contribution in [-0.4, -0.2) is 28.6 Å². The van der Waals surface area contributed by atoms with E-state index in [2.05, 4.69) is 9.35 Å². The van der Waals surface area contributed by atoms with Crippen molar-refractivity contribution in [2.45, 2.75) is 11.8 Å². The zero-order valence-electron chi connectivity index (χ0n) is 8.19. The van der Waals surface area contributed by atoms with Crippen molar-refractivity contribution < 1.29 is 8.95 Å². The molecule has 5 heteroatoms. The fraction of sp³-hybridized carbons (Fsp3) is 0.444. The van der Waals surface area contributed by atoms with E-state index in [0.29, 0.717) is 23.8 Å². The summed E-state index contributed by atoms with van der Waals surface area (Å²) in [6.45, 7) is 2.79. The maximum Gasteiger partial charge on any atom is 0.139 e. The number of pyridine rings is 1. The van der Waals surface area contributed by atoms with Gasteiger partial charge in [0.15, 0.2) is 0 Å². The van der Waals surface area contributed by atoms with Gasteiger partial charge < -0.3 is 4.74 Å². The van der Waals surface area contributed by atoms with E-state index in [0.717, 1.165) is 5.69 Å². The summed E-state index contributed by atoms with van der Waals surface area (Å²) in [7, 11) is -2.32. The first-order valence-corrected chi connectivity index (χ1v) is 6.30. The van der Waals surface area contributed by atoms with Gasteiger partial charge in [-0.1, -0.05) is 0 Å². The summed E-state index contributed by atoms with van der Waals surface area (Å²) < 4.78 is 21.8. The maximum atomic E-state index is 12.2. The van der Waals surface area contributed by atoms with Crippen molar-refractivity contribution in [2.75, 3.05) is 19.4 Å². The van der Waals surface area contributed by atoms with E-state index in [-0.39, 0.29) is 0 Å². The summed E-state index contributed by atoms with van der Waals surface area (Å²) in [5.41, 5.74) is 0.737. The van der Waals surface area contributed by atoms with Gasteiger partial charge in [-0.3, -0.25) is 4.98 Å². The highest BCUT2D eigenvalue weighted by molar-refractivity contribution is 7.93. The fourth-order valence-corrected chi connectivity index (χ4v) is 3.19.